The Morgan fingerprint density at radius 2 is 2.05 bits per heavy atom. The highest BCUT2D eigenvalue weighted by Crippen LogP contribution is 2.25. The van der Waals surface area contributed by atoms with Gasteiger partial charge in [0.05, 0.1) is 11.5 Å². The molecule has 1 rings (SSSR count). The van der Waals surface area contributed by atoms with Crippen LogP contribution in [0.4, 0.5) is 23.2 Å². The molecular weight excluding hydrogens is 308 g/mol. The van der Waals surface area contributed by atoms with Crippen LogP contribution in [-0.4, -0.2) is 29.7 Å². The molecule has 0 heterocycles. The molecule has 0 saturated carbocycles. The van der Waals surface area contributed by atoms with Gasteiger partial charge in [-0.1, -0.05) is 11.6 Å². The summed E-state index contributed by atoms with van der Waals surface area (Å²) >= 11 is 5.49. The van der Waals surface area contributed by atoms with Crippen LogP contribution in [0, 0.1) is 10.1 Å². The van der Waals surface area contributed by atoms with Crippen LogP contribution in [0.25, 0.3) is 0 Å². The second-order valence-corrected chi connectivity index (χ2v) is 4.07. The van der Waals surface area contributed by atoms with Crippen LogP contribution in [0.3, 0.4) is 0 Å². The van der Waals surface area contributed by atoms with E-state index in [2.05, 4.69) is 0 Å². The molecule has 10 heteroatoms. The third-order valence-electron chi connectivity index (χ3n) is 2.21. The molecule has 0 unspecified atom stereocenters. The number of rotatable bonds is 5. The molecule has 0 radical (unpaired) electrons. The standard InChI is InChI=1S/C10H7ClF4N2O3/c11-6-2-1-5(3-7(6)17(19)20)8(18)16-4-10(14,15)9(12)13/h1-3,9H,4H2,(H,16,18). The van der Waals surface area contributed by atoms with Crippen molar-refractivity contribution in [2.45, 2.75) is 12.3 Å². The van der Waals surface area contributed by atoms with Gasteiger partial charge in [0.15, 0.2) is 0 Å². The Morgan fingerprint density at radius 3 is 2.55 bits per heavy atom. The Morgan fingerprint density at radius 1 is 1.45 bits per heavy atom. The van der Waals surface area contributed by atoms with Crippen molar-refractivity contribution in [1.29, 1.82) is 0 Å². The lowest BCUT2D eigenvalue weighted by atomic mass is 10.2. The zero-order chi connectivity index (χ0) is 15.5. The molecule has 110 valence electrons. The van der Waals surface area contributed by atoms with E-state index in [1.165, 1.54) is 0 Å². The minimum Gasteiger partial charge on any atom is -0.346 e. The highest BCUT2D eigenvalue weighted by atomic mass is 35.5. The summed E-state index contributed by atoms with van der Waals surface area (Å²) in [6.45, 7) is -1.58. The molecule has 0 aliphatic carbocycles. The van der Waals surface area contributed by atoms with Crippen LogP contribution in [0.1, 0.15) is 10.4 Å². The zero-order valence-corrected chi connectivity index (χ0v) is 10.3. The van der Waals surface area contributed by atoms with E-state index in [0.717, 1.165) is 18.2 Å². The number of amides is 1. The summed E-state index contributed by atoms with van der Waals surface area (Å²) in [7, 11) is 0. The monoisotopic (exact) mass is 314 g/mol. The summed E-state index contributed by atoms with van der Waals surface area (Å²) in [4.78, 5) is 21.2. The summed E-state index contributed by atoms with van der Waals surface area (Å²) in [5.41, 5.74) is -0.939. The van der Waals surface area contributed by atoms with Gasteiger partial charge in [-0.05, 0) is 12.1 Å². The van der Waals surface area contributed by atoms with Gasteiger partial charge in [-0.2, -0.15) is 8.78 Å². The molecule has 20 heavy (non-hydrogen) atoms. The fourth-order valence-electron chi connectivity index (χ4n) is 1.17. The average Bonchev–Trinajstić information content (AvgIpc) is 2.36. The molecule has 0 atom stereocenters. The predicted octanol–water partition coefficient (Wildman–Crippen LogP) is 2.88. The quantitative estimate of drug-likeness (QED) is 0.516. The molecule has 5 nitrogen and oxygen atoms in total. The molecule has 0 aliphatic heterocycles. The number of nitro groups is 1. The number of nitro benzene ring substituents is 1. The molecule has 0 fully saturated rings. The Bertz CT molecular complexity index is 539. The largest absolute Gasteiger partial charge is 0.346 e. The lowest BCUT2D eigenvalue weighted by molar-refractivity contribution is -0.384. The average molecular weight is 315 g/mol. The topological polar surface area (TPSA) is 72.2 Å². The van der Waals surface area contributed by atoms with Crippen molar-refractivity contribution in [2.24, 2.45) is 0 Å². The van der Waals surface area contributed by atoms with Crippen molar-refractivity contribution in [1.82, 2.24) is 5.32 Å². The summed E-state index contributed by atoms with van der Waals surface area (Å²) in [5.74, 6) is -5.53. The summed E-state index contributed by atoms with van der Waals surface area (Å²) in [6, 6.07) is 2.84. The minimum atomic E-state index is -4.38. The molecule has 1 amide bonds. The van der Waals surface area contributed by atoms with Crippen LogP contribution < -0.4 is 5.32 Å². The van der Waals surface area contributed by atoms with Crippen LogP contribution in [0.2, 0.25) is 5.02 Å². The van der Waals surface area contributed by atoms with Gasteiger partial charge < -0.3 is 5.32 Å². The second kappa shape index (κ2) is 6.04. The van der Waals surface area contributed by atoms with Crippen LogP contribution in [0.15, 0.2) is 18.2 Å². The highest BCUT2D eigenvalue weighted by molar-refractivity contribution is 6.32. The molecule has 0 saturated heterocycles. The van der Waals surface area contributed by atoms with Gasteiger partial charge in [0.1, 0.15) is 5.02 Å². The van der Waals surface area contributed by atoms with E-state index in [-0.39, 0.29) is 10.6 Å². The van der Waals surface area contributed by atoms with Crippen molar-refractivity contribution in [2.75, 3.05) is 6.54 Å². The van der Waals surface area contributed by atoms with Gasteiger partial charge in [-0.3, -0.25) is 14.9 Å². The fraction of sp³-hybridized carbons (Fsp3) is 0.300. The summed E-state index contributed by atoms with van der Waals surface area (Å²) in [6.07, 6.45) is -3.93. The Balaban J connectivity index is 2.84. The first-order valence-electron chi connectivity index (χ1n) is 5.03. The Hall–Kier alpha value is -1.90. The number of alkyl halides is 4. The maximum Gasteiger partial charge on any atom is 0.324 e. The van der Waals surface area contributed by atoms with E-state index >= 15 is 0 Å². The molecule has 1 aromatic rings. The van der Waals surface area contributed by atoms with E-state index in [9.17, 15) is 32.5 Å². The van der Waals surface area contributed by atoms with Crippen molar-refractivity contribution in [3.8, 4) is 0 Å². The molecule has 1 N–H and O–H groups in total. The van der Waals surface area contributed by atoms with Crippen LogP contribution in [-0.2, 0) is 0 Å². The summed E-state index contributed by atoms with van der Waals surface area (Å²) < 4.78 is 49.0. The number of hydrogen-bond acceptors (Lipinski definition) is 3. The number of benzene rings is 1. The Labute approximate surface area is 114 Å². The normalized spacial score (nSPS) is 11.5. The number of carbonyl (C=O) groups is 1. The van der Waals surface area contributed by atoms with E-state index in [0.29, 0.717) is 0 Å². The van der Waals surface area contributed by atoms with E-state index in [4.69, 9.17) is 11.6 Å². The van der Waals surface area contributed by atoms with Crippen LogP contribution >= 0.6 is 11.6 Å². The molecule has 0 aliphatic rings. The lowest BCUT2D eigenvalue weighted by Gasteiger charge is -2.15. The number of nitrogens with one attached hydrogen (secondary N) is 1. The van der Waals surface area contributed by atoms with Gasteiger partial charge in [0.2, 0.25) is 0 Å². The first-order valence-corrected chi connectivity index (χ1v) is 5.41. The van der Waals surface area contributed by atoms with Crippen LogP contribution in [0.5, 0.6) is 0 Å². The smallest absolute Gasteiger partial charge is 0.324 e. The molecule has 0 spiro atoms. The predicted molar refractivity (Wildman–Crippen MR) is 61.4 cm³/mol. The van der Waals surface area contributed by atoms with Gasteiger partial charge >= 0.3 is 12.3 Å². The summed E-state index contributed by atoms with van der Waals surface area (Å²) in [5, 5.41) is 11.9. The van der Waals surface area contributed by atoms with E-state index in [1.54, 1.807) is 5.32 Å². The minimum absolute atomic E-state index is 0.246. The number of nitrogens with zero attached hydrogens (tertiary/aromatic N) is 1. The van der Waals surface area contributed by atoms with Crippen molar-refractivity contribution < 1.29 is 27.3 Å². The van der Waals surface area contributed by atoms with Crippen molar-refractivity contribution >= 4 is 23.2 Å². The SMILES string of the molecule is O=C(NCC(F)(F)C(F)F)c1ccc(Cl)c([N+](=O)[O-])c1. The molecule has 1 aromatic carbocycles. The maximum absolute atomic E-state index is 12.6. The first kappa shape index (κ1) is 16.2. The molecular formula is C10H7ClF4N2O3. The molecule has 0 bridgehead atoms. The van der Waals surface area contributed by atoms with Gasteiger partial charge in [-0.15, -0.1) is 0 Å². The number of hydrogen-bond donors (Lipinski definition) is 1. The van der Waals surface area contributed by atoms with Gasteiger partial charge in [0.25, 0.3) is 11.6 Å². The number of halogens is 5. The third-order valence-corrected chi connectivity index (χ3v) is 2.53. The Kier molecular flexibility index (Phi) is 4.88. The fourth-order valence-corrected chi connectivity index (χ4v) is 1.36. The lowest BCUT2D eigenvalue weighted by Crippen LogP contribution is -2.41. The highest BCUT2D eigenvalue weighted by Gasteiger charge is 2.40. The first-order chi connectivity index (χ1) is 9.15. The van der Waals surface area contributed by atoms with Gasteiger partial charge in [0, 0.05) is 11.6 Å². The third kappa shape index (κ3) is 3.80. The van der Waals surface area contributed by atoms with E-state index in [1.807, 2.05) is 0 Å². The molecule has 0 aromatic heterocycles. The zero-order valence-electron chi connectivity index (χ0n) is 9.58. The van der Waals surface area contributed by atoms with Crippen molar-refractivity contribution in [3.63, 3.8) is 0 Å². The number of carbonyl (C=O) groups excluding carboxylic acids is 1. The second-order valence-electron chi connectivity index (χ2n) is 3.67. The van der Waals surface area contributed by atoms with Crippen molar-refractivity contribution in [3.05, 3.63) is 38.9 Å². The maximum atomic E-state index is 12.6. The van der Waals surface area contributed by atoms with E-state index < -0.39 is 35.4 Å². The van der Waals surface area contributed by atoms with Gasteiger partial charge in [-0.25, -0.2) is 8.78 Å².